The fourth-order valence-electron chi connectivity index (χ4n) is 3.17. The van der Waals surface area contributed by atoms with Crippen molar-refractivity contribution in [1.82, 2.24) is 4.90 Å². The summed E-state index contributed by atoms with van der Waals surface area (Å²) in [6.07, 6.45) is 5.85. The van der Waals surface area contributed by atoms with Crippen LogP contribution in [-0.2, 0) is 21.2 Å². The van der Waals surface area contributed by atoms with Crippen molar-refractivity contribution in [1.29, 1.82) is 0 Å². The van der Waals surface area contributed by atoms with Crippen LogP contribution >= 0.6 is 11.8 Å². The monoisotopic (exact) mass is 401 g/mol. The number of carbonyl (C=O) groups is 1. The van der Waals surface area contributed by atoms with E-state index in [0.29, 0.717) is 13.0 Å². The Balaban J connectivity index is 1.78. The summed E-state index contributed by atoms with van der Waals surface area (Å²) in [7, 11) is -3.06. The SMILES string of the molecule is CSc1ccc(/C=C/C(=O)N(Cc2ccccc2)C2CCS(=O)(=O)C2)cc1. The van der Waals surface area contributed by atoms with Crippen LogP contribution in [0.2, 0.25) is 0 Å². The van der Waals surface area contributed by atoms with Gasteiger partial charge in [-0.15, -0.1) is 11.8 Å². The number of thioether (sulfide) groups is 1. The van der Waals surface area contributed by atoms with Gasteiger partial charge in [-0.25, -0.2) is 8.42 Å². The van der Waals surface area contributed by atoms with Gasteiger partial charge in [-0.1, -0.05) is 42.5 Å². The Labute approximate surface area is 165 Å². The molecular formula is C21H23NO3S2. The second kappa shape index (κ2) is 8.76. The molecule has 1 heterocycles. The van der Waals surface area contributed by atoms with Gasteiger partial charge in [0, 0.05) is 23.6 Å². The van der Waals surface area contributed by atoms with E-state index in [9.17, 15) is 13.2 Å². The van der Waals surface area contributed by atoms with Crippen LogP contribution < -0.4 is 0 Å². The molecule has 0 N–H and O–H groups in total. The summed E-state index contributed by atoms with van der Waals surface area (Å²) < 4.78 is 23.8. The largest absolute Gasteiger partial charge is 0.331 e. The lowest BCUT2D eigenvalue weighted by Gasteiger charge is -2.27. The van der Waals surface area contributed by atoms with E-state index >= 15 is 0 Å². The van der Waals surface area contributed by atoms with Gasteiger partial charge < -0.3 is 4.90 Å². The van der Waals surface area contributed by atoms with Crippen LogP contribution in [0.4, 0.5) is 0 Å². The average Bonchev–Trinajstić information content (AvgIpc) is 3.05. The molecule has 27 heavy (non-hydrogen) atoms. The Morgan fingerprint density at radius 3 is 2.44 bits per heavy atom. The second-order valence-electron chi connectivity index (χ2n) is 6.62. The van der Waals surface area contributed by atoms with E-state index in [1.165, 1.54) is 4.90 Å². The Kier molecular flexibility index (Phi) is 6.39. The highest BCUT2D eigenvalue weighted by Crippen LogP contribution is 2.21. The maximum Gasteiger partial charge on any atom is 0.247 e. The number of hydrogen-bond acceptors (Lipinski definition) is 4. The van der Waals surface area contributed by atoms with Crippen molar-refractivity contribution in [2.24, 2.45) is 0 Å². The summed E-state index contributed by atoms with van der Waals surface area (Å²) in [5.74, 6) is 0.0349. The van der Waals surface area contributed by atoms with Crippen molar-refractivity contribution < 1.29 is 13.2 Å². The van der Waals surface area contributed by atoms with Crippen LogP contribution in [0.25, 0.3) is 6.08 Å². The molecule has 0 radical (unpaired) electrons. The van der Waals surface area contributed by atoms with Crippen molar-refractivity contribution in [2.45, 2.75) is 23.9 Å². The van der Waals surface area contributed by atoms with Gasteiger partial charge in [0.25, 0.3) is 0 Å². The molecule has 0 spiro atoms. The summed E-state index contributed by atoms with van der Waals surface area (Å²) >= 11 is 1.67. The van der Waals surface area contributed by atoms with Gasteiger partial charge in [-0.2, -0.15) is 0 Å². The van der Waals surface area contributed by atoms with E-state index in [0.717, 1.165) is 11.1 Å². The molecule has 0 aliphatic carbocycles. The highest BCUT2D eigenvalue weighted by Gasteiger charge is 2.34. The normalized spacial score (nSPS) is 18.6. The third-order valence-electron chi connectivity index (χ3n) is 4.66. The molecule has 0 bridgehead atoms. The van der Waals surface area contributed by atoms with E-state index in [1.54, 1.807) is 28.8 Å². The van der Waals surface area contributed by atoms with Gasteiger partial charge in [0.2, 0.25) is 5.91 Å². The predicted molar refractivity (Wildman–Crippen MR) is 111 cm³/mol. The molecule has 1 fully saturated rings. The standard InChI is InChI=1S/C21H23NO3S2/c1-26-20-10-7-17(8-11-20)9-12-21(23)22(15-18-5-3-2-4-6-18)19-13-14-27(24,25)16-19/h2-12,19H,13-16H2,1H3/b12-9+. The van der Waals surface area contributed by atoms with Crippen LogP contribution in [0.3, 0.4) is 0 Å². The number of carbonyl (C=O) groups excluding carboxylic acids is 1. The van der Waals surface area contributed by atoms with Gasteiger partial charge in [0.15, 0.2) is 9.84 Å². The molecular weight excluding hydrogens is 378 g/mol. The molecule has 3 rings (SSSR count). The lowest BCUT2D eigenvalue weighted by atomic mass is 10.1. The molecule has 4 nitrogen and oxygen atoms in total. The Bertz CT molecular complexity index is 906. The average molecular weight is 402 g/mol. The topological polar surface area (TPSA) is 54.5 Å². The van der Waals surface area contributed by atoms with E-state index in [1.807, 2.05) is 60.9 Å². The van der Waals surface area contributed by atoms with Gasteiger partial charge in [-0.3, -0.25) is 4.79 Å². The van der Waals surface area contributed by atoms with Crippen LogP contribution in [0.5, 0.6) is 0 Å². The third-order valence-corrected chi connectivity index (χ3v) is 7.16. The van der Waals surface area contributed by atoms with E-state index in [4.69, 9.17) is 0 Å². The number of hydrogen-bond donors (Lipinski definition) is 0. The first-order chi connectivity index (χ1) is 13.0. The molecule has 1 amide bonds. The lowest BCUT2D eigenvalue weighted by Crippen LogP contribution is -2.39. The van der Waals surface area contributed by atoms with Crippen LogP contribution in [0.15, 0.2) is 65.6 Å². The summed E-state index contributed by atoms with van der Waals surface area (Å²) in [6, 6.07) is 17.4. The molecule has 1 unspecified atom stereocenters. The first kappa shape index (κ1) is 19.7. The molecule has 6 heteroatoms. The highest BCUT2D eigenvalue weighted by atomic mass is 32.2. The van der Waals surface area contributed by atoms with Crippen molar-refractivity contribution in [2.75, 3.05) is 17.8 Å². The summed E-state index contributed by atoms with van der Waals surface area (Å²) in [5.41, 5.74) is 1.94. The Morgan fingerprint density at radius 1 is 1.15 bits per heavy atom. The second-order valence-corrected chi connectivity index (χ2v) is 9.72. The molecule has 2 aromatic rings. The molecule has 1 aliphatic rings. The van der Waals surface area contributed by atoms with Crippen LogP contribution in [0.1, 0.15) is 17.5 Å². The fourth-order valence-corrected chi connectivity index (χ4v) is 5.31. The third kappa shape index (κ3) is 5.47. The van der Waals surface area contributed by atoms with Gasteiger partial charge in [-0.05, 0) is 42.0 Å². The van der Waals surface area contributed by atoms with E-state index in [2.05, 4.69) is 0 Å². The maximum atomic E-state index is 12.9. The first-order valence-electron chi connectivity index (χ1n) is 8.84. The van der Waals surface area contributed by atoms with Gasteiger partial charge in [0.1, 0.15) is 0 Å². The first-order valence-corrected chi connectivity index (χ1v) is 11.9. The molecule has 1 atom stereocenters. The predicted octanol–water partition coefficient (Wildman–Crippen LogP) is 3.64. The zero-order valence-electron chi connectivity index (χ0n) is 15.2. The molecule has 2 aromatic carbocycles. The van der Waals surface area contributed by atoms with Crippen LogP contribution in [0, 0.1) is 0 Å². The summed E-state index contributed by atoms with van der Waals surface area (Å²) in [5, 5.41) is 0. The minimum atomic E-state index is -3.06. The van der Waals surface area contributed by atoms with Crippen molar-refractivity contribution in [3.63, 3.8) is 0 Å². The zero-order chi connectivity index (χ0) is 19.3. The Morgan fingerprint density at radius 2 is 1.85 bits per heavy atom. The molecule has 1 saturated heterocycles. The smallest absolute Gasteiger partial charge is 0.247 e. The number of nitrogens with zero attached hydrogens (tertiary/aromatic N) is 1. The van der Waals surface area contributed by atoms with Gasteiger partial charge >= 0.3 is 0 Å². The maximum absolute atomic E-state index is 12.9. The van der Waals surface area contributed by atoms with Crippen molar-refractivity contribution >= 4 is 33.6 Å². The lowest BCUT2D eigenvalue weighted by molar-refractivity contribution is -0.128. The zero-order valence-corrected chi connectivity index (χ0v) is 16.9. The van der Waals surface area contributed by atoms with E-state index < -0.39 is 9.84 Å². The molecule has 0 saturated carbocycles. The van der Waals surface area contributed by atoms with Gasteiger partial charge in [0.05, 0.1) is 11.5 Å². The summed E-state index contributed by atoms with van der Waals surface area (Å²) in [6.45, 7) is 0.412. The highest BCUT2D eigenvalue weighted by molar-refractivity contribution is 7.98. The summed E-state index contributed by atoms with van der Waals surface area (Å²) in [4.78, 5) is 15.7. The minimum Gasteiger partial charge on any atom is -0.331 e. The van der Waals surface area contributed by atoms with Crippen molar-refractivity contribution in [3.8, 4) is 0 Å². The molecule has 1 aliphatic heterocycles. The quantitative estimate of drug-likeness (QED) is 0.548. The number of sulfone groups is 1. The Hall–Kier alpha value is -2.05. The minimum absolute atomic E-state index is 0.0435. The number of amides is 1. The van der Waals surface area contributed by atoms with Crippen molar-refractivity contribution in [3.05, 3.63) is 71.8 Å². The fraction of sp³-hybridized carbons (Fsp3) is 0.286. The number of benzene rings is 2. The number of rotatable bonds is 6. The van der Waals surface area contributed by atoms with E-state index in [-0.39, 0.29) is 23.5 Å². The molecule has 142 valence electrons. The van der Waals surface area contributed by atoms with Crippen LogP contribution in [-0.4, -0.2) is 43.0 Å². The molecule has 0 aromatic heterocycles.